The highest BCUT2D eigenvalue weighted by Crippen LogP contribution is 2.40. The molecule has 0 aromatic heterocycles. The molecule has 4 rings (SSSR count). The van der Waals surface area contributed by atoms with Crippen molar-refractivity contribution in [1.82, 2.24) is 4.90 Å². The Bertz CT molecular complexity index is 877. The van der Waals surface area contributed by atoms with Crippen LogP contribution in [0.2, 0.25) is 10.0 Å². The van der Waals surface area contributed by atoms with Crippen LogP contribution in [0, 0.1) is 11.7 Å². The highest BCUT2D eigenvalue weighted by atomic mass is 35.5. The maximum Gasteiger partial charge on any atom is 0.252 e. The molecule has 2 unspecified atom stereocenters. The van der Waals surface area contributed by atoms with Gasteiger partial charge in [0.1, 0.15) is 11.9 Å². The van der Waals surface area contributed by atoms with E-state index in [1.54, 1.807) is 24.0 Å². The smallest absolute Gasteiger partial charge is 0.252 e. The Labute approximate surface area is 199 Å². The number of rotatable bonds is 4. The number of morpholine rings is 1. The lowest BCUT2D eigenvalue weighted by Crippen LogP contribution is -2.54. The Morgan fingerprint density at radius 1 is 1.25 bits per heavy atom. The van der Waals surface area contributed by atoms with Crippen LogP contribution in [0.4, 0.5) is 4.39 Å². The van der Waals surface area contributed by atoms with Crippen LogP contribution in [0.5, 0.6) is 0 Å². The first-order valence-electron chi connectivity index (χ1n) is 10.6. The Morgan fingerprint density at radius 2 is 1.88 bits per heavy atom. The van der Waals surface area contributed by atoms with Crippen LogP contribution in [0.15, 0.2) is 61.2 Å². The van der Waals surface area contributed by atoms with Crippen LogP contribution in [0.25, 0.3) is 0 Å². The Hall–Kier alpha value is -1.92. The van der Waals surface area contributed by atoms with Gasteiger partial charge in [0, 0.05) is 5.02 Å². The minimum atomic E-state index is -0.541. The SMILES string of the molecule is C=CC.CC1OC[C@@H](c2ccc(Cl)c(F)c2)N(C(CO)C2CC2)C1=O.Clc1ccccc1. The molecule has 0 radical (unpaired) electrons. The molecule has 7 heteroatoms. The van der Waals surface area contributed by atoms with Gasteiger partial charge in [-0.2, -0.15) is 0 Å². The lowest BCUT2D eigenvalue weighted by molar-refractivity contribution is -0.164. The number of nitrogens with zero attached hydrogens (tertiary/aromatic N) is 1. The fourth-order valence-corrected chi connectivity index (χ4v) is 3.74. The molecule has 3 atom stereocenters. The van der Waals surface area contributed by atoms with Crippen molar-refractivity contribution in [3.63, 3.8) is 0 Å². The fourth-order valence-electron chi connectivity index (χ4n) is 3.48. The second kappa shape index (κ2) is 12.9. The van der Waals surface area contributed by atoms with Crippen molar-refractivity contribution in [2.24, 2.45) is 5.92 Å². The van der Waals surface area contributed by atoms with E-state index in [0.717, 1.165) is 17.9 Å². The summed E-state index contributed by atoms with van der Waals surface area (Å²) in [6, 6.07) is 13.3. The van der Waals surface area contributed by atoms with Crippen LogP contribution >= 0.6 is 23.2 Å². The number of amides is 1. The first-order valence-corrected chi connectivity index (χ1v) is 11.4. The number of aliphatic hydroxyl groups excluding tert-OH is 1. The predicted molar refractivity (Wildman–Crippen MR) is 127 cm³/mol. The number of aliphatic hydroxyl groups is 1. The number of allylic oxidation sites excluding steroid dienone is 1. The molecule has 1 heterocycles. The zero-order chi connectivity index (χ0) is 23.7. The third kappa shape index (κ3) is 7.31. The van der Waals surface area contributed by atoms with Crippen molar-refractivity contribution in [3.8, 4) is 0 Å². The van der Waals surface area contributed by atoms with Gasteiger partial charge in [-0.25, -0.2) is 4.39 Å². The van der Waals surface area contributed by atoms with E-state index in [1.807, 2.05) is 37.3 Å². The van der Waals surface area contributed by atoms with Gasteiger partial charge in [-0.1, -0.05) is 53.5 Å². The minimum absolute atomic E-state index is 0.0487. The molecule has 4 nitrogen and oxygen atoms in total. The molecule has 1 aliphatic heterocycles. The van der Waals surface area contributed by atoms with Gasteiger partial charge >= 0.3 is 0 Å². The van der Waals surface area contributed by atoms with Crippen molar-refractivity contribution in [1.29, 1.82) is 0 Å². The van der Waals surface area contributed by atoms with Crippen LogP contribution in [0.1, 0.15) is 38.3 Å². The molecule has 1 saturated carbocycles. The van der Waals surface area contributed by atoms with Crippen molar-refractivity contribution < 1.29 is 19.0 Å². The third-order valence-electron chi connectivity index (χ3n) is 5.21. The summed E-state index contributed by atoms with van der Waals surface area (Å²) in [6.07, 6.45) is 3.22. The maximum atomic E-state index is 13.8. The number of carbonyl (C=O) groups is 1. The van der Waals surface area contributed by atoms with Crippen molar-refractivity contribution in [2.45, 2.75) is 44.9 Å². The van der Waals surface area contributed by atoms with E-state index in [-0.39, 0.29) is 30.2 Å². The second-order valence-electron chi connectivity index (χ2n) is 7.70. The van der Waals surface area contributed by atoms with Gasteiger partial charge in [-0.15, -0.1) is 6.58 Å². The lowest BCUT2D eigenvalue weighted by atomic mass is 9.99. The molecule has 1 aliphatic carbocycles. The van der Waals surface area contributed by atoms with E-state index >= 15 is 0 Å². The molecule has 1 saturated heterocycles. The predicted octanol–water partition coefficient (Wildman–Crippen LogP) is 6.07. The van der Waals surface area contributed by atoms with Crippen LogP contribution in [-0.2, 0) is 9.53 Å². The van der Waals surface area contributed by atoms with E-state index in [1.165, 1.54) is 12.1 Å². The molecule has 2 aliphatic rings. The van der Waals surface area contributed by atoms with Crippen molar-refractivity contribution in [3.05, 3.63) is 82.6 Å². The summed E-state index contributed by atoms with van der Waals surface area (Å²) in [7, 11) is 0. The molecular formula is C25H30Cl2FNO3. The zero-order valence-corrected chi connectivity index (χ0v) is 19.9. The molecule has 2 fully saturated rings. The average Bonchev–Trinajstić information content (AvgIpc) is 3.61. The molecule has 2 aromatic carbocycles. The monoisotopic (exact) mass is 481 g/mol. The number of hydrogen-bond acceptors (Lipinski definition) is 3. The summed E-state index contributed by atoms with van der Waals surface area (Å²) in [5.74, 6) is -0.353. The van der Waals surface area contributed by atoms with Gasteiger partial charge in [0.05, 0.1) is 30.3 Å². The molecule has 2 aromatic rings. The van der Waals surface area contributed by atoms with Gasteiger partial charge < -0.3 is 14.7 Å². The van der Waals surface area contributed by atoms with Crippen molar-refractivity contribution in [2.75, 3.05) is 13.2 Å². The highest BCUT2D eigenvalue weighted by molar-refractivity contribution is 6.30. The van der Waals surface area contributed by atoms with E-state index in [4.69, 9.17) is 27.9 Å². The summed E-state index contributed by atoms with van der Waals surface area (Å²) < 4.78 is 19.3. The summed E-state index contributed by atoms with van der Waals surface area (Å²) in [6.45, 7) is 7.15. The molecular weight excluding hydrogens is 452 g/mol. The van der Waals surface area contributed by atoms with E-state index in [0.29, 0.717) is 11.5 Å². The first kappa shape index (κ1) is 26.3. The molecule has 32 heavy (non-hydrogen) atoms. The van der Waals surface area contributed by atoms with Gasteiger partial charge in [0.15, 0.2) is 0 Å². The Morgan fingerprint density at radius 3 is 2.34 bits per heavy atom. The normalized spacial score (nSPS) is 20.9. The average molecular weight is 482 g/mol. The fraction of sp³-hybridized carbons (Fsp3) is 0.400. The quantitative estimate of drug-likeness (QED) is 0.538. The second-order valence-corrected chi connectivity index (χ2v) is 8.55. The Balaban J connectivity index is 0.000000302. The van der Waals surface area contributed by atoms with E-state index < -0.39 is 18.0 Å². The first-order chi connectivity index (χ1) is 15.3. The van der Waals surface area contributed by atoms with Gasteiger partial charge in [-0.05, 0) is 62.4 Å². The highest BCUT2D eigenvalue weighted by Gasteiger charge is 2.44. The van der Waals surface area contributed by atoms with Crippen molar-refractivity contribution >= 4 is 29.1 Å². The summed E-state index contributed by atoms with van der Waals surface area (Å²) in [4.78, 5) is 14.3. The van der Waals surface area contributed by atoms with Crippen LogP contribution < -0.4 is 0 Å². The maximum absolute atomic E-state index is 13.8. The van der Waals surface area contributed by atoms with E-state index in [2.05, 4.69) is 6.58 Å². The molecule has 1 amide bonds. The zero-order valence-electron chi connectivity index (χ0n) is 18.4. The number of halogens is 3. The van der Waals surface area contributed by atoms with E-state index in [9.17, 15) is 14.3 Å². The Kier molecular flexibility index (Phi) is 10.7. The van der Waals surface area contributed by atoms with Gasteiger partial charge in [0.2, 0.25) is 0 Å². The summed E-state index contributed by atoms with van der Waals surface area (Å²) in [5.41, 5.74) is 0.640. The topological polar surface area (TPSA) is 49.8 Å². The van der Waals surface area contributed by atoms with Crippen LogP contribution in [-0.4, -0.2) is 41.3 Å². The molecule has 174 valence electrons. The summed E-state index contributed by atoms with van der Waals surface area (Å²) >= 11 is 11.3. The number of ether oxygens (including phenoxy) is 1. The standard InChI is InChI=1S/C16H19ClFNO3.C6H5Cl.C3H6/c1-9-16(21)19(14(7-20)10-2-3-10)15(8-22-9)11-4-5-12(17)13(18)6-11;7-6-4-2-1-3-5-6;1-3-2/h4-6,9-10,14-15,20H,2-3,7-8H2,1H3;1-5H;3H,1H2,2H3/t9?,14?,15-;;/m0../s1. The third-order valence-corrected chi connectivity index (χ3v) is 5.77. The number of hydrogen-bond donors (Lipinski definition) is 1. The largest absolute Gasteiger partial charge is 0.394 e. The minimum Gasteiger partial charge on any atom is -0.394 e. The lowest BCUT2D eigenvalue weighted by Gasteiger charge is -2.43. The van der Waals surface area contributed by atoms with Gasteiger partial charge in [-0.3, -0.25) is 4.79 Å². The summed E-state index contributed by atoms with van der Waals surface area (Å²) in [5, 5.41) is 10.6. The molecule has 1 N–H and O–H groups in total. The molecule has 0 bridgehead atoms. The number of benzene rings is 2. The number of carbonyl (C=O) groups excluding carboxylic acids is 1. The van der Waals surface area contributed by atoms with Crippen LogP contribution in [0.3, 0.4) is 0 Å². The van der Waals surface area contributed by atoms with Gasteiger partial charge in [0.25, 0.3) is 5.91 Å². The molecule has 0 spiro atoms.